The van der Waals surface area contributed by atoms with Crippen LogP contribution in [0.5, 0.6) is 5.75 Å². The third-order valence-electron chi connectivity index (χ3n) is 3.45. The van der Waals surface area contributed by atoms with Crippen molar-refractivity contribution < 1.29 is 14.2 Å². The van der Waals surface area contributed by atoms with Gasteiger partial charge in [0.25, 0.3) is 0 Å². The van der Waals surface area contributed by atoms with Crippen molar-refractivity contribution in [2.24, 2.45) is 5.92 Å². The maximum atomic E-state index is 12.1. The number of ether oxygens (including phenoxy) is 1. The molecule has 0 aliphatic rings. The van der Waals surface area contributed by atoms with E-state index >= 15 is 0 Å². The number of benzene rings is 1. The minimum atomic E-state index is -0.0644. The fourth-order valence-corrected chi connectivity index (χ4v) is 2.09. The van der Waals surface area contributed by atoms with Crippen LogP contribution in [0.15, 0.2) is 28.9 Å². The maximum absolute atomic E-state index is 12.1. The molecule has 0 saturated carbocycles. The molecule has 2 aromatic rings. The molecule has 112 valence electrons. The first-order valence-electron chi connectivity index (χ1n) is 6.97. The summed E-state index contributed by atoms with van der Waals surface area (Å²) in [5.41, 5.74) is 1.31. The van der Waals surface area contributed by atoms with Gasteiger partial charge in [0, 0.05) is 11.5 Å². The zero-order chi connectivity index (χ0) is 15.2. The van der Waals surface area contributed by atoms with Gasteiger partial charge in [-0.05, 0) is 47.4 Å². The molecule has 21 heavy (non-hydrogen) atoms. The fourth-order valence-electron chi connectivity index (χ4n) is 2.09. The standard InChI is InChI=1S/C15H19N3O3/c1-4-10(5-2)15(19)16-14-13(17-21-18-14)11-6-8-12(20-3)9-7-11/h6-10H,4-5H2,1-3H3,(H,16,18,19). The van der Waals surface area contributed by atoms with Gasteiger partial charge in [-0.15, -0.1) is 0 Å². The number of nitrogens with one attached hydrogen (secondary N) is 1. The Kier molecular flexibility index (Phi) is 4.92. The van der Waals surface area contributed by atoms with Crippen LogP contribution in [0.25, 0.3) is 11.3 Å². The van der Waals surface area contributed by atoms with Crippen LogP contribution >= 0.6 is 0 Å². The van der Waals surface area contributed by atoms with Crippen LogP contribution in [0, 0.1) is 5.92 Å². The number of carbonyl (C=O) groups is 1. The summed E-state index contributed by atoms with van der Waals surface area (Å²) in [5, 5.41) is 10.4. The van der Waals surface area contributed by atoms with Crippen LogP contribution in [0.1, 0.15) is 26.7 Å². The van der Waals surface area contributed by atoms with Gasteiger partial charge in [-0.25, -0.2) is 4.63 Å². The van der Waals surface area contributed by atoms with Crippen LogP contribution in [-0.4, -0.2) is 23.3 Å². The first kappa shape index (κ1) is 15.0. The second-order valence-corrected chi connectivity index (χ2v) is 4.69. The number of anilines is 1. The highest BCUT2D eigenvalue weighted by molar-refractivity contribution is 5.94. The molecule has 6 nitrogen and oxygen atoms in total. The maximum Gasteiger partial charge on any atom is 0.228 e. The van der Waals surface area contributed by atoms with E-state index in [0.29, 0.717) is 11.5 Å². The fraction of sp³-hybridized carbons (Fsp3) is 0.400. The smallest absolute Gasteiger partial charge is 0.228 e. The Morgan fingerprint density at radius 2 is 1.90 bits per heavy atom. The van der Waals surface area contributed by atoms with E-state index in [1.165, 1.54) is 0 Å². The highest BCUT2D eigenvalue weighted by Crippen LogP contribution is 2.26. The molecule has 0 fully saturated rings. The van der Waals surface area contributed by atoms with Crippen LogP contribution < -0.4 is 10.1 Å². The molecule has 0 radical (unpaired) electrons. The van der Waals surface area contributed by atoms with Gasteiger partial charge >= 0.3 is 0 Å². The predicted molar refractivity (Wildman–Crippen MR) is 79.0 cm³/mol. The Morgan fingerprint density at radius 1 is 1.24 bits per heavy atom. The van der Waals surface area contributed by atoms with Gasteiger partial charge in [0.05, 0.1) is 7.11 Å². The summed E-state index contributed by atoms with van der Waals surface area (Å²) >= 11 is 0. The van der Waals surface area contributed by atoms with Crippen molar-refractivity contribution >= 4 is 11.7 Å². The van der Waals surface area contributed by atoms with Crippen molar-refractivity contribution in [1.29, 1.82) is 0 Å². The highest BCUT2D eigenvalue weighted by atomic mass is 16.6. The average Bonchev–Trinajstić information content (AvgIpc) is 2.96. The lowest BCUT2D eigenvalue weighted by molar-refractivity contribution is -0.120. The third-order valence-corrected chi connectivity index (χ3v) is 3.45. The van der Waals surface area contributed by atoms with Crippen molar-refractivity contribution in [3.05, 3.63) is 24.3 Å². The summed E-state index contributed by atoms with van der Waals surface area (Å²) < 4.78 is 9.87. The molecule has 0 aliphatic heterocycles. The lowest BCUT2D eigenvalue weighted by Gasteiger charge is -2.11. The Hall–Kier alpha value is -2.37. The van der Waals surface area contributed by atoms with Crippen molar-refractivity contribution in [2.75, 3.05) is 12.4 Å². The second kappa shape index (κ2) is 6.88. The summed E-state index contributed by atoms with van der Waals surface area (Å²) in [7, 11) is 1.61. The monoisotopic (exact) mass is 289 g/mol. The number of nitrogens with zero attached hydrogens (tertiary/aromatic N) is 2. The topological polar surface area (TPSA) is 77.3 Å². The molecule has 1 aromatic carbocycles. The van der Waals surface area contributed by atoms with Crippen LogP contribution in [-0.2, 0) is 4.79 Å². The summed E-state index contributed by atoms with van der Waals surface area (Å²) in [4.78, 5) is 12.1. The van der Waals surface area contributed by atoms with E-state index in [-0.39, 0.29) is 11.8 Å². The molecule has 0 saturated heterocycles. The van der Waals surface area contributed by atoms with Crippen molar-refractivity contribution in [1.82, 2.24) is 10.3 Å². The normalized spacial score (nSPS) is 10.7. The zero-order valence-corrected chi connectivity index (χ0v) is 12.4. The number of hydrogen-bond acceptors (Lipinski definition) is 5. The molecule has 0 aliphatic carbocycles. The molecular formula is C15H19N3O3. The SMILES string of the molecule is CCC(CC)C(=O)Nc1nonc1-c1ccc(OC)cc1. The Bertz CT molecular complexity index is 588. The van der Waals surface area contributed by atoms with Gasteiger partial charge in [-0.2, -0.15) is 0 Å². The van der Waals surface area contributed by atoms with Crippen molar-refractivity contribution in [3.63, 3.8) is 0 Å². The molecule has 0 atom stereocenters. The predicted octanol–water partition coefficient (Wildman–Crippen LogP) is 3.12. The Balaban J connectivity index is 2.19. The summed E-state index contributed by atoms with van der Waals surface area (Å²) in [6.07, 6.45) is 1.57. The summed E-state index contributed by atoms with van der Waals surface area (Å²) in [6, 6.07) is 7.31. The van der Waals surface area contributed by atoms with Gasteiger partial charge in [0.1, 0.15) is 5.75 Å². The quantitative estimate of drug-likeness (QED) is 0.884. The minimum Gasteiger partial charge on any atom is -0.497 e. The van der Waals surface area contributed by atoms with Gasteiger partial charge in [-0.3, -0.25) is 4.79 Å². The summed E-state index contributed by atoms with van der Waals surface area (Å²) in [6.45, 7) is 3.97. The number of methoxy groups -OCH3 is 1. The van der Waals surface area contributed by atoms with Gasteiger partial charge in [0.15, 0.2) is 5.69 Å². The largest absolute Gasteiger partial charge is 0.497 e. The number of carbonyl (C=O) groups excluding carboxylic acids is 1. The van der Waals surface area contributed by atoms with Crippen molar-refractivity contribution in [2.45, 2.75) is 26.7 Å². The van der Waals surface area contributed by atoms with E-state index in [2.05, 4.69) is 15.6 Å². The van der Waals surface area contributed by atoms with Crippen molar-refractivity contribution in [3.8, 4) is 17.0 Å². The number of rotatable bonds is 6. The number of amides is 1. The second-order valence-electron chi connectivity index (χ2n) is 4.69. The molecule has 2 rings (SSSR count). The van der Waals surface area contributed by atoms with E-state index in [0.717, 1.165) is 24.2 Å². The van der Waals surface area contributed by atoms with E-state index in [9.17, 15) is 4.79 Å². The Morgan fingerprint density at radius 3 is 2.48 bits per heavy atom. The van der Waals surface area contributed by atoms with E-state index < -0.39 is 0 Å². The molecule has 1 N–H and O–H groups in total. The molecule has 1 amide bonds. The first-order chi connectivity index (χ1) is 10.2. The van der Waals surface area contributed by atoms with Gasteiger partial charge in [0.2, 0.25) is 11.7 Å². The first-order valence-corrected chi connectivity index (χ1v) is 6.97. The molecule has 6 heteroatoms. The van der Waals surface area contributed by atoms with Gasteiger partial charge in [-0.1, -0.05) is 13.8 Å². The molecule has 0 spiro atoms. The minimum absolute atomic E-state index is 0.0367. The lowest BCUT2D eigenvalue weighted by atomic mass is 10.0. The molecule has 1 aromatic heterocycles. The third kappa shape index (κ3) is 3.39. The van der Waals surface area contributed by atoms with Crippen LogP contribution in [0.4, 0.5) is 5.82 Å². The molecule has 0 bridgehead atoms. The summed E-state index contributed by atoms with van der Waals surface area (Å²) in [5.74, 6) is 0.991. The Labute approximate surface area is 123 Å². The highest BCUT2D eigenvalue weighted by Gasteiger charge is 2.19. The van der Waals surface area contributed by atoms with E-state index in [1.54, 1.807) is 7.11 Å². The molecular weight excluding hydrogens is 270 g/mol. The van der Waals surface area contributed by atoms with Crippen LogP contribution in [0.3, 0.4) is 0 Å². The van der Waals surface area contributed by atoms with E-state index in [4.69, 9.17) is 9.37 Å². The van der Waals surface area contributed by atoms with Crippen LogP contribution in [0.2, 0.25) is 0 Å². The number of aromatic nitrogens is 2. The van der Waals surface area contributed by atoms with Gasteiger partial charge < -0.3 is 10.1 Å². The number of hydrogen-bond donors (Lipinski definition) is 1. The van der Waals surface area contributed by atoms with E-state index in [1.807, 2.05) is 38.1 Å². The molecule has 0 unspecified atom stereocenters. The average molecular weight is 289 g/mol. The lowest BCUT2D eigenvalue weighted by Crippen LogP contribution is -2.22. The molecule has 1 heterocycles. The zero-order valence-electron chi connectivity index (χ0n) is 12.4.